The fourth-order valence-electron chi connectivity index (χ4n) is 3.15. The number of rotatable bonds is 8. The molecule has 1 fully saturated rings. The Labute approximate surface area is 180 Å². The molecule has 0 bridgehead atoms. The van der Waals surface area contributed by atoms with Crippen LogP contribution in [-0.4, -0.2) is 40.2 Å². The SMILES string of the molecule is Cl.O=C(NCCc1nc(-c2ccc(OCc3cccnc3)cc2)no1)C1CCCN1. The van der Waals surface area contributed by atoms with Gasteiger partial charge in [-0.1, -0.05) is 11.2 Å². The van der Waals surface area contributed by atoms with E-state index in [4.69, 9.17) is 9.26 Å². The molecule has 0 radical (unpaired) electrons. The van der Waals surface area contributed by atoms with Gasteiger partial charge in [-0.25, -0.2) is 0 Å². The van der Waals surface area contributed by atoms with Crippen molar-refractivity contribution in [2.24, 2.45) is 0 Å². The number of aromatic nitrogens is 3. The zero-order valence-corrected chi connectivity index (χ0v) is 17.2. The van der Waals surface area contributed by atoms with Crippen LogP contribution in [0.25, 0.3) is 11.4 Å². The van der Waals surface area contributed by atoms with Crippen molar-refractivity contribution in [2.45, 2.75) is 31.9 Å². The van der Waals surface area contributed by atoms with Crippen LogP contribution >= 0.6 is 12.4 Å². The van der Waals surface area contributed by atoms with Crippen LogP contribution in [-0.2, 0) is 17.8 Å². The summed E-state index contributed by atoms with van der Waals surface area (Å²) >= 11 is 0. The monoisotopic (exact) mass is 429 g/mol. The number of hydrogen-bond acceptors (Lipinski definition) is 7. The van der Waals surface area contributed by atoms with E-state index in [9.17, 15) is 4.79 Å². The number of ether oxygens (including phenoxy) is 1. The molecule has 1 amide bonds. The van der Waals surface area contributed by atoms with E-state index in [0.29, 0.717) is 31.3 Å². The van der Waals surface area contributed by atoms with Crippen LogP contribution in [0.2, 0.25) is 0 Å². The van der Waals surface area contributed by atoms with Crippen molar-refractivity contribution in [3.05, 3.63) is 60.2 Å². The van der Waals surface area contributed by atoms with Crippen molar-refractivity contribution in [3.8, 4) is 17.1 Å². The second-order valence-corrected chi connectivity index (χ2v) is 6.88. The summed E-state index contributed by atoms with van der Waals surface area (Å²) in [6, 6.07) is 11.3. The van der Waals surface area contributed by atoms with Gasteiger partial charge >= 0.3 is 0 Å². The number of carbonyl (C=O) groups excluding carboxylic acids is 1. The maximum atomic E-state index is 12.0. The van der Waals surface area contributed by atoms with Crippen molar-refractivity contribution in [1.82, 2.24) is 25.8 Å². The van der Waals surface area contributed by atoms with Gasteiger partial charge in [-0.2, -0.15) is 4.98 Å². The van der Waals surface area contributed by atoms with Gasteiger partial charge in [0, 0.05) is 36.5 Å². The van der Waals surface area contributed by atoms with Crippen LogP contribution in [0, 0.1) is 0 Å². The third kappa shape index (κ3) is 5.77. The molecule has 0 saturated carbocycles. The van der Waals surface area contributed by atoms with E-state index in [1.165, 1.54) is 0 Å². The zero-order valence-electron chi connectivity index (χ0n) is 16.4. The Hall–Kier alpha value is -2.97. The number of benzene rings is 1. The smallest absolute Gasteiger partial charge is 0.237 e. The quantitative estimate of drug-likeness (QED) is 0.567. The van der Waals surface area contributed by atoms with Crippen LogP contribution in [0.15, 0.2) is 53.3 Å². The topological polar surface area (TPSA) is 102 Å². The van der Waals surface area contributed by atoms with E-state index in [1.807, 2.05) is 36.4 Å². The van der Waals surface area contributed by atoms with Gasteiger partial charge in [0.15, 0.2) is 0 Å². The zero-order chi connectivity index (χ0) is 19.9. The van der Waals surface area contributed by atoms with Gasteiger partial charge in [0.2, 0.25) is 17.6 Å². The third-order valence-corrected chi connectivity index (χ3v) is 4.72. The van der Waals surface area contributed by atoms with Crippen molar-refractivity contribution in [2.75, 3.05) is 13.1 Å². The lowest BCUT2D eigenvalue weighted by Gasteiger charge is -2.09. The van der Waals surface area contributed by atoms with Crippen LogP contribution in [0.4, 0.5) is 0 Å². The minimum Gasteiger partial charge on any atom is -0.489 e. The molecule has 158 valence electrons. The standard InChI is InChI=1S/C21H23N5O3.ClH/c27-21(18-4-2-11-23-18)24-12-9-19-25-20(26-29-19)16-5-7-17(8-6-16)28-14-15-3-1-10-22-13-15;/h1,3,5-8,10,13,18,23H,2,4,9,11-12,14H2,(H,24,27);1H. The summed E-state index contributed by atoms with van der Waals surface area (Å²) < 4.78 is 11.1. The van der Waals surface area contributed by atoms with Crippen LogP contribution in [0.3, 0.4) is 0 Å². The fraction of sp³-hybridized carbons (Fsp3) is 0.333. The Balaban J connectivity index is 0.00000256. The highest BCUT2D eigenvalue weighted by atomic mass is 35.5. The molecule has 2 N–H and O–H groups in total. The number of carbonyl (C=O) groups is 1. The summed E-state index contributed by atoms with van der Waals surface area (Å²) in [5, 5.41) is 10.1. The van der Waals surface area contributed by atoms with E-state index in [1.54, 1.807) is 12.4 Å². The average Bonchev–Trinajstić information content (AvgIpc) is 3.46. The van der Waals surface area contributed by atoms with Gasteiger partial charge in [-0.3, -0.25) is 9.78 Å². The molecule has 3 heterocycles. The van der Waals surface area contributed by atoms with Crippen molar-refractivity contribution in [1.29, 1.82) is 0 Å². The number of pyridine rings is 1. The molecule has 1 aromatic carbocycles. The Bertz CT molecular complexity index is 927. The molecule has 1 atom stereocenters. The van der Waals surface area contributed by atoms with Gasteiger partial charge in [0.25, 0.3) is 0 Å². The molecule has 1 aliphatic rings. The van der Waals surface area contributed by atoms with E-state index in [0.717, 1.165) is 36.3 Å². The van der Waals surface area contributed by atoms with Gasteiger partial charge in [-0.05, 0) is 49.7 Å². The van der Waals surface area contributed by atoms with Crippen molar-refractivity contribution >= 4 is 18.3 Å². The van der Waals surface area contributed by atoms with Gasteiger partial charge in [0.1, 0.15) is 12.4 Å². The summed E-state index contributed by atoms with van der Waals surface area (Å²) in [5.41, 5.74) is 1.85. The van der Waals surface area contributed by atoms with Crippen molar-refractivity contribution < 1.29 is 14.1 Å². The van der Waals surface area contributed by atoms with Crippen LogP contribution in [0.5, 0.6) is 5.75 Å². The molecular formula is C21H24ClN5O3. The second kappa shape index (κ2) is 10.7. The number of nitrogens with one attached hydrogen (secondary N) is 2. The lowest BCUT2D eigenvalue weighted by molar-refractivity contribution is -0.122. The first-order valence-electron chi connectivity index (χ1n) is 9.74. The van der Waals surface area contributed by atoms with Crippen LogP contribution in [0.1, 0.15) is 24.3 Å². The van der Waals surface area contributed by atoms with Crippen LogP contribution < -0.4 is 15.4 Å². The largest absolute Gasteiger partial charge is 0.489 e. The minimum absolute atomic E-state index is 0. The summed E-state index contributed by atoms with van der Waals surface area (Å²) in [4.78, 5) is 20.5. The molecule has 4 rings (SSSR count). The molecule has 30 heavy (non-hydrogen) atoms. The summed E-state index contributed by atoms with van der Waals surface area (Å²) in [6.45, 7) is 1.83. The van der Waals surface area contributed by atoms with E-state index in [-0.39, 0.29) is 24.4 Å². The molecule has 0 spiro atoms. The Morgan fingerprint density at radius 3 is 2.87 bits per heavy atom. The molecule has 8 nitrogen and oxygen atoms in total. The van der Waals surface area contributed by atoms with Gasteiger partial charge in [-0.15, -0.1) is 12.4 Å². The molecule has 3 aromatic rings. The molecule has 9 heteroatoms. The maximum absolute atomic E-state index is 12.0. The van der Waals surface area contributed by atoms with E-state index >= 15 is 0 Å². The number of halogens is 1. The average molecular weight is 430 g/mol. The second-order valence-electron chi connectivity index (χ2n) is 6.88. The molecular weight excluding hydrogens is 406 g/mol. The number of amides is 1. The summed E-state index contributed by atoms with van der Waals surface area (Å²) in [7, 11) is 0. The minimum atomic E-state index is -0.0767. The Kier molecular flexibility index (Phi) is 7.75. The lowest BCUT2D eigenvalue weighted by Crippen LogP contribution is -2.41. The summed E-state index contributed by atoms with van der Waals surface area (Å²) in [5.74, 6) is 1.80. The molecule has 1 unspecified atom stereocenters. The highest BCUT2D eigenvalue weighted by Crippen LogP contribution is 2.20. The Morgan fingerprint density at radius 1 is 1.27 bits per heavy atom. The lowest BCUT2D eigenvalue weighted by atomic mass is 10.2. The third-order valence-electron chi connectivity index (χ3n) is 4.72. The molecule has 0 aliphatic carbocycles. The molecule has 1 aliphatic heterocycles. The summed E-state index contributed by atoms with van der Waals surface area (Å²) in [6.07, 6.45) is 5.94. The number of nitrogens with zero attached hydrogens (tertiary/aromatic N) is 3. The number of hydrogen-bond donors (Lipinski definition) is 2. The predicted molar refractivity (Wildman–Crippen MR) is 113 cm³/mol. The van der Waals surface area contributed by atoms with E-state index in [2.05, 4.69) is 25.8 Å². The van der Waals surface area contributed by atoms with Gasteiger partial charge < -0.3 is 19.9 Å². The first-order chi connectivity index (χ1) is 14.3. The normalized spacial score (nSPS) is 15.4. The molecule has 1 saturated heterocycles. The van der Waals surface area contributed by atoms with Crippen molar-refractivity contribution in [3.63, 3.8) is 0 Å². The highest BCUT2D eigenvalue weighted by molar-refractivity contribution is 5.85. The first-order valence-corrected chi connectivity index (χ1v) is 9.74. The maximum Gasteiger partial charge on any atom is 0.237 e. The highest BCUT2D eigenvalue weighted by Gasteiger charge is 2.21. The predicted octanol–water partition coefficient (Wildman–Crippen LogP) is 2.54. The Morgan fingerprint density at radius 2 is 2.13 bits per heavy atom. The van der Waals surface area contributed by atoms with Gasteiger partial charge in [0.05, 0.1) is 6.04 Å². The molecule has 2 aromatic heterocycles. The van der Waals surface area contributed by atoms with E-state index < -0.39 is 0 Å². The fourth-order valence-corrected chi connectivity index (χ4v) is 3.15. The first kappa shape index (κ1) is 21.7.